The molecule has 0 unspecified atom stereocenters. The van der Waals surface area contributed by atoms with E-state index in [9.17, 15) is 31.9 Å². The number of rotatable bonds is 7. The standard InChI is InChI=1S/C21H21F4N3O4S/c1-2-32-19(31)20(21(23,24)25,27-17(30)11-6-5-7-12(22)10-11)28-18-15(16(26)29)13-8-3-4-9-14(13)33-18/h5-7,10,28H,2-4,8-9H2,1H3,(H2,26,29)(H,27,30)/t20-/m1/s1. The number of esters is 1. The Morgan fingerprint density at radius 1 is 1.18 bits per heavy atom. The molecule has 0 fully saturated rings. The van der Waals surface area contributed by atoms with Gasteiger partial charge >= 0.3 is 17.8 Å². The second kappa shape index (κ2) is 9.38. The van der Waals surface area contributed by atoms with Crippen LogP contribution in [0.3, 0.4) is 0 Å². The maximum atomic E-state index is 14.4. The molecule has 178 valence electrons. The number of amides is 2. The van der Waals surface area contributed by atoms with Gasteiger partial charge in [0, 0.05) is 10.4 Å². The Kier molecular flexibility index (Phi) is 6.96. The van der Waals surface area contributed by atoms with E-state index in [0.29, 0.717) is 23.3 Å². The van der Waals surface area contributed by atoms with Crippen LogP contribution in [0.25, 0.3) is 0 Å². The van der Waals surface area contributed by atoms with Crippen LogP contribution in [0, 0.1) is 5.82 Å². The predicted molar refractivity (Wildman–Crippen MR) is 112 cm³/mol. The number of carbonyl (C=O) groups excluding carboxylic acids is 3. The van der Waals surface area contributed by atoms with Crippen molar-refractivity contribution in [3.63, 3.8) is 0 Å². The molecule has 1 heterocycles. The molecule has 1 aliphatic carbocycles. The van der Waals surface area contributed by atoms with E-state index < -0.39 is 47.6 Å². The monoisotopic (exact) mass is 487 g/mol. The lowest BCUT2D eigenvalue weighted by molar-refractivity contribution is -0.204. The molecule has 1 atom stereocenters. The lowest BCUT2D eigenvalue weighted by Gasteiger charge is -2.35. The summed E-state index contributed by atoms with van der Waals surface area (Å²) in [5.74, 6) is -5.04. The number of ether oxygens (including phenoxy) is 1. The van der Waals surface area contributed by atoms with Crippen LogP contribution < -0.4 is 16.4 Å². The summed E-state index contributed by atoms with van der Waals surface area (Å²) in [4.78, 5) is 38.1. The Balaban J connectivity index is 2.13. The smallest absolute Gasteiger partial charge is 0.441 e. The molecule has 7 nitrogen and oxygen atoms in total. The number of fused-ring (bicyclic) bond motifs is 1. The summed E-state index contributed by atoms with van der Waals surface area (Å²) in [5, 5.41) is 3.36. The van der Waals surface area contributed by atoms with E-state index >= 15 is 0 Å². The van der Waals surface area contributed by atoms with Crippen molar-refractivity contribution < 1.29 is 36.7 Å². The minimum atomic E-state index is -5.42. The molecule has 3 rings (SSSR count). The molecule has 1 aliphatic rings. The Bertz CT molecular complexity index is 1090. The van der Waals surface area contributed by atoms with Crippen LogP contribution in [-0.2, 0) is 22.4 Å². The van der Waals surface area contributed by atoms with Gasteiger partial charge in [-0.05, 0) is 56.4 Å². The third-order valence-corrected chi connectivity index (χ3v) is 6.32. The van der Waals surface area contributed by atoms with Gasteiger partial charge in [0.15, 0.2) is 0 Å². The number of alkyl halides is 3. The quantitative estimate of drug-likeness (QED) is 0.314. The van der Waals surface area contributed by atoms with Crippen LogP contribution in [0.5, 0.6) is 0 Å². The summed E-state index contributed by atoms with van der Waals surface area (Å²) in [7, 11) is 0. The lowest BCUT2D eigenvalue weighted by atomic mass is 9.95. The zero-order valence-corrected chi connectivity index (χ0v) is 18.3. The van der Waals surface area contributed by atoms with Gasteiger partial charge in [0.2, 0.25) is 0 Å². The molecule has 2 amide bonds. The fourth-order valence-electron chi connectivity index (χ4n) is 3.59. The van der Waals surface area contributed by atoms with Gasteiger partial charge in [0.1, 0.15) is 10.8 Å². The van der Waals surface area contributed by atoms with E-state index in [1.54, 1.807) is 5.32 Å². The fraction of sp³-hybridized carbons (Fsp3) is 0.381. The molecule has 0 saturated heterocycles. The zero-order chi connectivity index (χ0) is 24.4. The summed E-state index contributed by atoms with van der Waals surface area (Å²) in [6.07, 6.45) is -2.93. The molecule has 0 saturated carbocycles. The molecule has 0 bridgehead atoms. The Morgan fingerprint density at radius 3 is 2.48 bits per heavy atom. The van der Waals surface area contributed by atoms with Gasteiger partial charge in [-0.3, -0.25) is 9.59 Å². The molecular weight excluding hydrogens is 466 g/mol. The fourth-order valence-corrected chi connectivity index (χ4v) is 4.94. The highest BCUT2D eigenvalue weighted by atomic mass is 32.1. The molecular formula is C21H21F4N3O4S. The van der Waals surface area contributed by atoms with E-state index in [4.69, 9.17) is 5.73 Å². The van der Waals surface area contributed by atoms with Crippen molar-refractivity contribution >= 4 is 34.1 Å². The second-order valence-electron chi connectivity index (χ2n) is 7.34. The van der Waals surface area contributed by atoms with Gasteiger partial charge in [-0.1, -0.05) is 6.07 Å². The van der Waals surface area contributed by atoms with Gasteiger partial charge < -0.3 is 21.1 Å². The number of benzene rings is 1. The molecule has 2 aromatic rings. The molecule has 0 radical (unpaired) electrons. The highest BCUT2D eigenvalue weighted by Crippen LogP contribution is 2.42. The van der Waals surface area contributed by atoms with Gasteiger partial charge in [0.25, 0.3) is 11.8 Å². The van der Waals surface area contributed by atoms with Gasteiger partial charge in [0.05, 0.1) is 12.2 Å². The first-order valence-corrected chi connectivity index (χ1v) is 10.9. The van der Waals surface area contributed by atoms with E-state index in [2.05, 4.69) is 4.74 Å². The van der Waals surface area contributed by atoms with E-state index in [1.807, 2.05) is 5.32 Å². The number of aryl methyl sites for hydroxylation is 1. The summed E-state index contributed by atoms with van der Waals surface area (Å²) in [5.41, 5.74) is 1.61. The number of hydrogen-bond acceptors (Lipinski definition) is 6. The Labute approximate surface area is 190 Å². The molecule has 12 heteroatoms. The third-order valence-electron chi connectivity index (χ3n) is 5.11. The first-order valence-electron chi connectivity index (χ1n) is 10.0. The normalized spacial score (nSPS) is 15.2. The van der Waals surface area contributed by atoms with Crippen molar-refractivity contribution in [2.45, 2.75) is 44.4 Å². The second-order valence-corrected chi connectivity index (χ2v) is 8.44. The lowest BCUT2D eigenvalue weighted by Crippen LogP contribution is -2.69. The first kappa shape index (κ1) is 24.5. The average molecular weight is 487 g/mol. The van der Waals surface area contributed by atoms with Crippen molar-refractivity contribution in [2.24, 2.45) is 5.73 Å². The number of primary amides is 1. The molecule has 4 N–H and O–H groups in total. The van der Waals surface area contributed by atoms with Crippen LogP contribution in [0.15, 0.2) is 24.3 Å². The highest BCUT2D eigenvalue weighted by molar-refractivity contribution is 7.16. The minimum Gasteiger partial charge on any atom is -0.463 e. The summed E-state index contributed by atoms with van der Waals surface area (Å²) in [6, 6.07) is 3.95. The van der Waals surface area contributed by atoms with Crippen molar-refractivity contribution in [1.82, 2.24) is 5.32 Å². The van der Waals surface area contributed by atoms with Crippen molar-refractivity contribution in [2.75, 3.05) is 11.9 Å². The highest BCUT2D eigenvalue weighted by Gasteiger charge is 2.64. The largest absolute Gasteiger partial charge is 0.463 e. The topological polar surface area (TPSA) is 111 Å². The Morgan fingerprint density at radius 2 is 1.88 bits per heavy atom. The number of nitrogens with one attached hydrogen (secondary N) is 2. The summed E-state index contributed by atoms with van der Waals surface area (Å²) >= 11 is 0.863. The predicted octanol–water partition coefficient (Wildman–Crippen LogP) is 3.53. The Hall–Kier alpha value is -3.15. The van der Waals surface area contributed by atoms with Crippen molar-refractivity contribution in [3.05, 3.63) is 51.7 Å². The number of thiophene rings is 1. The maximum absolute atomic E-state index is 14.4. The number of nitrogens with two attached hydrogens (primary N) is 1. The van der Waals surface area contributed by atoms with Crippen LogP contribution in [0.1, 0.15) is 50.9 Å². The number of hydrogen-bond donors (Lipinski definition) is 3. The zero-order valence-electron chi connectivity index (χ0n) is 17.5. The number of carbonyl (C=O) groups is 3. The van der Waals surface area contributed by atoms with Gasteiger partial charge in [-0.25, -0.2) is 9.18 Å². The van der Waals surface area contributed by atoms with Gasteiger partial charge in [-0.15, -0.1) is 11.3 Å². The number of halogens is 4. The molecule has 1 aromatic heterocycles. The SMILES string of the molecule is CCOC(=O)[C@@](NC(=O)c1cccc(F)c1)(Nc1sc2c(c1C(N)=O)CCCC2)C(F)(F)F. The first-order chi connectivity index (χ1) is 15.5. The van der Waals surface area contributed by atoms with Crippen LogP contribution in [0.4, 0.5) is 22.6 Å². The van der Waals surface area contributed by atoms with Crippen molar-refractivity contribution in [3.8, 4) is 0 Å². The summed E-state index contributed by atoms with van der Waals surface area (Å²) in [6.45, 7) is 0.879. The summed E-state index contributed by atoms with van der Waals surface area (Å²) < 4.78 is 61.5. The molecule has 1 aromatic carbocycles. The van der Waals surface area contributed by atoms with Crippen LogP contribution in [-0.4, -0.2) is 36.2 Å². The number of anilines is 1. The average Bonchev–Trinajstić information content (AvgIpc) is 3.10. The minimum absolute atomic E-state index is 0.160. The molecule has 0 spiro atoms. The maximum Gasteiger partial charge on any atom is 0.441 e. The van der Waals surface area contributed by atoms with Crippen molar-refractivity contribution in [1.29, 1.82) is 0 Å². The molecule has 0 aliphatic heterocycles. The van der Waals surface area contributed by atoms with Crippen LogP contribution >= 0.6 is 11.3 Å². The molecule has 33 heavy (non-hydrogen) atoms. The van der Waals surface area contributed by atoms with Gasteiger partial charge in [-0.2, -0.15) is 13.2 Å². The van der Waals surface area contributed by atoms with E-state index in [-0.39, 0.29) is 10.6 Å². The van der Waals surface area contributed by atoms with Crippen LogP contribution in [0.2, 0.25) is 0 Å². The van der Waals surface area contributed by atoms with E-state index in [1.165, 1.54) is 6.92 Å². The van der Waals surface area contributed by atoms with E-state index in [0.717, 1.165) is 48.4 Å². The third kappa shape index (κ3) is 4.80.